The van der Waals surface area contributed by atoms with E-state index in [-0.39, 0.29) is 0 Å². The highest BCUT2D eigenvalue weighted by Gasteiger charge is 2.84. The SMILES string of the molecule is F[B-](F)(F)C(F)(F)C(F)(F)C(F)(F)C(F)(F)F. The Bertz CT molecular complexity index is 254. The fourth-order valence-corrected chi connectivity index (χ4v) is 0.593. The smallest absolute Gasteiger partial charge is 0.445 e. The molecule has 0 unspecified atom stereocenters. The molecule has 0 bridgehead atoms. The van der Waals surface area contributed by atoms with E-state index in [2.05, 4.69) is 0 Å². The molecule has 0 N–H and O–H groups in total. The lowest BCUT2D eigenvalue weighted by Gasteiger charge is -2.38. The van der Waals surface area contributed by atoms with Crippen molar-refractivity contribution in [3.63, 3.8) is 0 Å². The van der Waals surface area contributed by atoms with Crippen LogP contribution in [0.25, 0.3) is 0 Å². The van der Waals surface area contributed by atoms with Crippen molar-refractivity contribution in [3.8, 4) is 0 Å². The molecular formula is C4BF12-. The molecule has 0 rings (SSSR count). The Labute approximate surface area is 84.6 Å². The van der Waals surface area contributed by atoms with Gasteiger partial charge in [-0.2, -0.15) is 30.7 Å². The summed E-state index contributed by atoms with van der Waals surface area (Å²) < 4.78 is 140. The number of halogens is 12. The number of hydrogen-bond donors (Lipinski definition) is 0. The molecule has 0 nitrogen and oxygen atoms in total. The van der Waals surface area contributed by atoms with E-state index in [1.807, 2.05) is 0 Å². The second-order valence-corrected chi connectivity index (χ2v) is 2.84. The highest BCUT2D eigenvalue weighted by atomic mass is 19.4. The number of rotatable bonds is 3. The molecule has 0 aromatic carbocycles. The molecule has 0 atom stereocenters. The Morgan fingerprint density at radius 2 is 0.824 bits per heavy atom. The summed E-state index contributed by atoms with van der Waals surface area (Å²) in [4.78, 5) is 0. The van der Waals surface area contributed by atoms with Gasteiger partial charge in [-0.15, -0.1) is 0 Å². The summed E-state index contributed by atoms with van der Waals surface area (Å²) in [5.41, 5.74) is 0. The van der Waals surface area contributed by atoms with Crippen molar-refractivity contribution in [2.24, 2.45) is 0 Å². The van der Waals surface area contributed by atoms with E-state index >= 15 is 0 Å². The third-order valence-electron chi connectivity index (χ3n) is 1.58. The first-order valence-corrected chi connectivity index (χ1v) is 3.39. The van der Waals surface area contributed by atoms with Gasteiger partial charge < -0.3 is 12.9 Å². The van der Waals surface area contributed by atoms with Crippen LogP contribution in [0.5, 0.6) is 0 Å². The highest BCUT2D eigenvalue weighted by Crippen LogP contribution is 2.56. The maximum Gasteiger partial charge on any atom is 0.554 e. The quantitative estimate of drug-likeness (QED) is 0.546. The minimum Gasteiger partial charge on any atom is -0.445 e. The summed E-state index contributed by atoms with van der Waals surface area (Å²) in [6.45, 7) is -7.94. The third kappa shape index (κ3) is 2.15. The molecule has 0 aliphatic rings. The average Bonchev–Trinajstić information content (AvgIpc) is 1.98. The first-order chi connectivity index (χ1) is 7.00. The molecule has 0 aromatic rings. The molecule has 0 aromatic heterocycles. The van der Waals surface area contributed by atoms with E-state index in [1.54, 1.807) is 0 Å². The Hall–Kier alpha value is -0.775. The van der Waals surface area contributed by atoms with Gasteiger partial charge in [-0.05, 0) is 0 Å². The predicted molar refractivity (Wildman–Crippen MR) is 30.0 cm³/mol. The van der Waals surface area contributed by atoms with Gasteiger partial charge >= 0.3 is 25.0 Å². The first-order valence-electron chi connectivity index (χ1n) is 3.39. The van der Waals surface area contributed by atoms with Crippen LogP contribution in [0.15, 0.2) is 0 Å². The zero-order chi connectivity index (χ0) is 14.5. The van der Waals surface area contributed by atoms with Crippen LogP contribution in [-0.4, -0.2) is 30.8 Å². The van der Waals surface area contributed by atoms with Gasteiger partial charge in [0.15, 0.2) is 0 Å². The molecule has 0 amide bonds. The molecule has 0 spiro atoms. The van der Waals surface area contributed by atoms with Gasteiger partial charge in [0.25, 0.3) is 5.82 Å². The second-order valence-electron chi connectivity index (χ2n) is 2.84. The molecule has 17 heavy (non-hydrogen) atoms. The fraction of sp³-hybridized carbons (Fsp3) is 1.00. The Kier molecular flexibility index (Phi) is 3.44. The molecule has 0 aliphatic carbocycles. The van der Waals surface area contributed by atoms with Gasteiger partial charge in [0.1, 0.15) is 0 Å². The van der Waals surface area contributed by atoms with Gasteiger partial charge in [-0.3, -0.25) is 0 Å². The second kappa shape index (κ2) is 3.61. The van der Waals surface area contributed by atoms with Crippen LogP contribution in [0.2, 0.25) is 0 Å². The van der Waals surface area contributed by atoms with Gasteiger partial charge in [0.2, 0.25) is 0 Å². The summed E-state index contributed by atoms with van der Waals surface area (Å²) in [5, 5.41) is 0. The summed E-state index contributed by atoms with van der Waals surface area (Å²) in [5.74, 6) is -22.6. The van der Waals surface area contributed by atoms with Crippen molar-refractivity contribution < 1.29 is 52.5 Å². The van der Waals surface area contributed by atoms with E-state index in [9.17, 15) is 52.5 Å². The summed E-state index contributed by atoms with van der Waals surface area (Å²) in [7, 11) is 0. The largest absolute Gasteiger partial charge is 0.554 e. The summed E-state index contributed by atoms with van der Waals surface area (Å²) in [6.07, 6.45) is -7.25. The zero-order valence-corrected chi connectivity index (χ0v) is 7.11. The lowest BCUT2D eigenvalue weighted by Crippen LogP contribution is -2.67. The minimum absolute atomic E-state index is 7.25. The van der Waals surface area contributed by atoms with Crippen molar-refractivity contribution >= 4 is 6.98 Å². The molecular weight excluding hydrogens is 287 g/mol. The Morgan fingerprint density at radius 3 is 1.00 bits per heavy atom. The van der Waals surface area contributed by atoms with E-state index in [0.717, 1.165) is 0 Å². The standard InChI is InChI=1S/C4BF12/c6-1(7,2(8,9)4(12,13)14)3(10,11)5(15,16)17/q-1. The van der Waals surface area contributed by atoms with Gasteiger partial charge in [0, 0.05) is 0 Å². The molecule has 0 radical (unpaired) electrons. The van der Waals surface area contributed by atoms with Crippen LogP contribution in [0, 0.1) is 0 Å². The maximum atomic E-state index is 12.0. The Balaban J connectivity index is 5.73. The molecule has 13 heteroatoms. The third-order valence-corrected chi connectivity index (χ3v) is 1.58. The maximum absolute atomic E-state index is 12.0. The van der Waals surface area contributed by atoms with Crippen molar-refractivity contribution in [3.05, 3.63) is 0 Å². The highest BCUT2D eigenvalue weighted by molar-refractivity contribution is 6.61. The lowest BCUT2D eigenvalue weighted by atomic mass is 9.74. The zero-order valence-electron chi connectivity index (χ0n) is 7.11. The van der Waals surface area contributed by atoms with Crippen LogP contribution in [0.3, 0.4) is 0 Å². The molecule has 0 saturated carbocycles. The van der Waals surface area contributed by atoms with Crippen molar-refractivity contribution in [2.75, 3.05) is 0 Å². The average molecular weight is 287 g/mol. The molecule has 104 valence electrons. The molecule has 0 aliphatic heterocycles. The van der Waals surface area contributed by atoms with Gasteiger partial charge in [-0.25, -0.2) is 8.78 Å². The van der Waals surface area contributed by atoms with Gasteiger partial charge in [0.05, 0.1) is 0 Å². The topological polar surface area (TPSA) is 0 Å². The van der Waals surface area contributed by atoms with E-state index in [0.29, 0.717) is 0 Å². The fourth-order valence-electron chi connectivity index (χ4n) is 0.593. The summed E-state index contributed by atoms with van der Waals surface area (Å²) >= 11 is 0. The first kappa shape index (κ1) is 16.2. The number of hydrogen-bond acceptors (Lipinski definition) is 0. The van der Waals surface area contributed by atoms with Crippen molar-refractivity contribution in [1.82, 2.24) is 0 Å². The van der Waals surface area contributed by atoms with Gasteiger partial charge in [-0.1, -0.05) is 0 Å². The van der Waals surface area contributed by atoms with E-state index < -0.39 is 30.8 Å². The van der Waals surface area contributed by atoms with Crippen LogP contribution < -0.4 is 0 Å². The Morgan fingerprint density at radius 1 is 0.529 bits per heavy atom. The van der Waals surface area contributed by atoms with E-state index in [1.165, 1.54) is 0 Å². The van der Waals surface area contributed by atoms with Crippen LogP contribution >= 0.6 is 0 Å². The number of alkyl halides is 9. The van der Waals surface area contributed by atoms with E-state index in [4.69, 9.17) is 0 Å². The van der Waals surface area contributed by atoms with Crippen LogP contribution in [0.4, 0.5) is 52.5 Å². The molecule has 0 saturated heterocycles. The van der Waals surface area contributed by atoms with Crippen molar-refractivity contribution in [2.45, 2.75) is 23.8 Å². The minimum atomic E-state index is -7.94. The monoisotopic (exact) mass is 287 g/mol. The summed E-state index contributed by atoms with van der Waals surface area (Å²) in [6, 6.07) is 0. The predicted octanol–water partition coefficient (Wildman–Crippen LogP) is 3.84. The molecule has 0 heterocycles. The normalized spacial score (nSPS) is 16.2. The molecule has 0 fully saturated rings. The van der Waals surface area contributed by atoms with Crippen molar-refractivity contribution in [1.29, 1.82) is 0 Å². The van der Waals surface area contributed by atoms with Crippen LogP contribution in [-0.2, 0) is 0 Å². The lowest BCUT2D eigenvalue weighted by molar-refractivity contribution is -0.386. The van der Waals surface area contributed by atoms with Crippen LogP contribution in [0.1, 0.15) is 0 Å².